The van der Waals surface area contributed by atoms with E-state index in [0.29, 0.717) is 23.7 Å². The van der Waals surface area contributed by atoms with E-state index in [1.807, 2.05) is 30.3 Å². The lowest BCUT2D eigenvalue weighted by molar-refractivity contribution is -0.136. The normalized spacial score (nSPS) is 10.2. The number of carbonyl (C=O) groups excluding carboxylic acids is 2. The lowest BCUT2D eigenvalue weighted by atomic mass is 10.1. The number of benzene rings is 2. The maximum atomic E-state index is 11.8. The molecular weight excluding hydrogens is 312 g/mol. The highest BCUT2D eigenvalue weighted by Crippen LogP contribution is 2.14. The quantitative estimate of drug-likeness (QED) is 0.827. The average molecular weight is 331 g/mol. The number of amides is 2. The van der Waals surface area contributed by atoms with Gasteiger partial charge in [-0.3, -0.25) is 9.59 Å². The van der Waals surface area contributed by atoms with Crippen LogP contribution in [0.25, 0.3) is 0 Å². The Morgan fingerprint density at radius 3 is 2.35 bits per heavy atom. The lowest BCUT2D eigenvalue weighted by Crippen LogP contribution is -2.36. The molecule has 2 rings (SSSR count). The highest BCUT2D eigenvalue weighted by atomic mass is 35.5. The molecule has 0 radical (unpaired) electrons. The Hall–Kier alpha value is -2.33. The molecule has 0 aliphatic carbocycles. The van der Waals surface area contributed by atoms with Crippen molar-refractivity contribution in [1.82, 2.24) is 5.32 Å². The van der Waals surface area contributed by atoms with E-state index >= 15 is 0 Å². The molecule has 0 saturated carbocycles. The molecule has 0 aliphatic heterocycles. The summed E-state index contributed by atoms with van der Waals surface area (Å²) in [6, 6.07) is 14.8. The van der Waals surface area contributed by atoms with Crippen LogP contribution in [0.5, 0.6) is 0 Å². The van der Waals surface area contributed by atoms with Gasteiger partial charge in [0.05, 0.1) is 0 Å². The molecule has 0 atom stereocenters. The standard InChI is InChI=1S/C18H19ClN2O2/c1-2-13-7-9-15(10-8-13)21-18(23)17(22)20-12-11-14-5-3-4-6-16(14)19/h3-10H,2,11-12H2,1H3,(H,20,22)(H,21,23). The summed E-state index contributed by atoms with van der Waals surface area (Å²) in [5.74, 6) is -1.33. The molecule has 4 nitrogen and oxygen atoms in total. The molecule has 0 bridgehead atoms. The highest BCUT2D eigenvalue weighted by Gasteiger charge is 2.13. The summed E-state index contributed by atoms with van der Waals surface area (Å²) in [6.45, 7) is 2.41. The van der Waals surface area contributed by atoms with Crippen molar-refractivity contribution in [2.75, 3.05) is 11.9 Å². The second kappa shape index (κ2) is 8.34. The van der Waals surface area contributed by atoms with Crippen molar-refractivity contribution in [1.29, 1.82) is 0 Å². The van der Waals surface area contributed by atoms with E-state index in [4.69, 9.17) is 11.6 Å². The molecule has 0 heterocycles. The monoisotopic (exact) mass is 330 g/mol. The summed E-state index contributed by atoms with van der Waals surface area (Å²) in [6.07, 6.45) is 1.50. The second-order valence-corrected chi connectivity index (χ2v) is 5.51. The first-order chi connectivity index (χ1) is 11.1. The summed E-state index contributed by atoms with van der Waals surface area (Å²) in [5.41, 5.74) is 2.71. The van der Waals surface area contributed by atoms with Crippen LogP contribution in [0.2, 0.25) is 5.02 Å². The van der Waals surface area contributed by atoms with Gasteiger partial charge >= 0.3 is 11.8 Å². The number of rotatable bonds is 5. The Balaban J connectivity index is 1.80. The van der Waals surface area contributed by atoms with Crippen LogP contribution in [0.1, 0.15) is 18.1 Å². The van der Waals surface area contributed by atoms with Crippen molar-refractivity contribution >= 4 is 29.1 Å². The van der Waals surface area contributed by atoms with E-state index in [-0.39, 0.29) is 0 Å². The molecule has 0 fully saturated rings. The molecule has 0 spiro atoms. The number of anilines is 1. The van der Waals surface area contributed by atoms with Gasteiger partial charge in [0, 0.05) is 17.3 Å². The number of halogens is 1. The number of carbonyl (C=O) groups is 2. The van der Waals surface area contributed by atoms with E-state index in [1.54, 1.807) is 18.2 Å². The Bertz CT molecular complexity index is 684. The second-order valence-electron chi connectivity index (χ2n) is 5.10. The Kier molecular flexibility index (Phi) is 6.18. The molecule has 0 saturated heterocycles. The summed E-state index contributed by atoms with van der Waals surface area (Å²) in [5, 5.41) is 5.82. The minimum atomic E-state index is -0.673. The predicted molar refractivity (Wildman–Crippen MR) is 92.6 cm³/mol. The molecule has 2 N–H and O–H groups in total. The third-order valence-electron chi connectivity index (χ3n) is 3.46. The van der Waals surface area contributed by atoms with Crippen LogP contribution < -0.4 is 10.6 Å². The zero-order valence-corrected chi connectivity index (χ0v) is 13.7. The van der Waals surface area contributed by atoms with E-state index in [0.717, 1.165) is 12.0 Å². The van der Waals surface area contributed by atoms with Gasteiger partial charge in [-0.2, -0.15) is 0 Å². The van der Waals surface area contributed by atoms with Gasteiger partial charge in [0.25, 0.3) is 0 Å². The minimum absolute atomic E-state index is 0.352. The maximum absolute atomic E-state index is 11.8. The molecule has 2 aromatic rings. The molecule has 0 aliphatic rings. The summed E-state index contributed by atoms with van der Waals surface area (Å²) >= 11 is 6.04. The number of hydrogen-bond acceptors (Lipinski definition) is 2. The summed E-state index contributed by atoms with van der Waals surface area (Å²) in [7, 11) is 0. The molecule has 5 heteroatoms. The van der Waals surface area contributed by atoms with E-state index in [2.05, 4.69) is 17.6 Å². The molecule has 23 heavy (non-hydrogen) atoms. The molecule has 0 aromatic heterocycles. The third-order valence-corrected chi connectivity index (χ3v) is 3.83. The highest BCUT2D eigenvalue weighted by molar-refractivity contribution is 6.39. The van der Waals surface area contributed by atoms with Crippen LogP contribution in [0, 0.1) is 0 Å². The van der Waals surface area contributed by atoms with Crippen LogP contribution in [-0.4, -0.2) is 18.4 Å². The molecule has 2 aromatic carbocycles. The van der Waals surface area contributed by atoms with Gasteiger partial charge in [-0.25, -0.2) is 0 Å². The SMILES string of the molecule is CCc1ccc(NC(=O)C(=O)NCCc2ccccc2Cl)cc1. The van der Waals surface area contributed by atoms with E-state index < -0.39 is 11.8 Å². The van der Waals surface area contributed by atoms with Crippen LogP contribution in [0.15, 0.2) is 48.5 Å². The Morgan fingerprint density at radius 1 is 1.00 bits per heavy atom. The molecule has 2 amide bonds. The topological polar surface area (TPSA) is 58.2 Å². The van der Waals surface area contributed by atoms with Crippen molar-refractivity contribution in [3.63, 3.8) is 0 Å². The summed E-state index contributed by atoms with van der Waals surface area (Å²) < 4.78 is 0. The van der Waals surface area contributed by atoms with Crippen molar-refractivity contribution in [3.05, 3.63) is 64.7 Å². The summed E-state index contributed by atoms with van der Waals surface area (Å²) in [4.78, 5) is 23.6. The molecule has 120 valence electrons. The van der Waals surface area contributed by atoms with Crippen LogP contribution >= 0.6 is 11.6 Å². The number of nitrogens with one attached hydrogen (secondary N) is 2. The van der Waals surface area contributed by atoms with Crippen molar-refractivity contribution in [2.45, 2.75) is 19.8 Å². The zero-order valence-electron chi connectivity index (χ0n) is 12.9. The van der Waals surface area contributed by atoms with E-state index in [9.17, 15) is 9.59 Å². The van der Waals surface area contributed by atoms with Crippen molar-refractivity contribution in [3.8, 4) is 0 Å². The van der Waals surface area contributed by atoms with Gasteiger partial charge in [-0.05, 0) is 42.2 Å². The van der Waals surface area contributed by atoms with Gasteiger partial charge in [0.1, 0.15) is 0 Å². The number of hydrogen-bond donors (Lipinski definition) is 2. The van der Waals surface area contributed by atoms with Crippen molar-refractivity contribution < 1.29 is 9.59 Å². The smallest absolute Gasteiger partial charge is 0.313 e. The molecular formula is C18H19ClN2O2. The zero-order chi connectivity index (χ0) is 16.7. The largest absolute Gasteiger partial charge is 0.347 e. The first kappa shape index (κ1) is 17.0. The van der Waals surface area contributed by atoms with Gasteiger partial charge in [0.15, 0.2) is 0 Å². The van der Waals surface area contributed by atoms with Crippen LogP contribution in [0.4, 0.5) is 5.69 Å². The van der Waals surface area contributed by atoms with Crippen LogP contribution in [0.3, 0.4) is 0 Å². The van der Waals surface area contributed by atoms with Gasteiger partial charge in [0.2, 0.25) is 0 Å². The van der Waals surface area contributed by atoms with Gasteiger partial charge in [-0.1, -0.05) is 48.9 Å². The Labute approximate surface area is 140 Å². The fraction of sp³-hybridized carbons (Fsp3) is 0.222. The predicted octanol–water partition coefficient (Wildman–Crippen LogP) is 3.20. The number of aryl methyl sites for hydroxylation is 1. The average Bonchev–Trinajstić information content (AvgIpc) is 2.57. The first-order valence-corrected chi connectivity index (χ1v) is 7.89. The first-order valence-electron chi connectivity index (χ1n) is 7.51. The van der Waals surface area contributed by atoms with Gasteiger partial charge < -0.3 is 10.6 Å². The van der Waals surface area contributed by atoms with Crippen molar-refractivity contribution in [2.24, 2.45) is 0 Å². The lowest BCUT2D eigenvalue weighted by Gasteiger charge is -2.08. The van der Waals surface area contributed by atoms with Gasteiger partial charge in [-0.15, -0.1) is 0 Å². The fourth-order valence-corrected chi connectivity index (χ4v) is 2.33. The minimum Gasteiger partial charge on any atom is -0.347 e. The third kappa shape index (κ3) is 5.11. The Morgan fingerprint density at radius 2 is 1.70 bits per heavy atom. The fourth-order valence-electron chi connectivity index (χ4n) is 2.10. The molecule has 0 unspecified atom stereocenters. The van der Waals surface area contributed by atoms with E-state index in [1.165, 1.54) is 5.56 Å². The van der Waals surface area contributed by atoms with Crippen LogP contribution in [-0.2, 0) is 22.4 Å². The maximum Gasteiger partial charge on any atom is 0.313 e.